The van der Waals surface area contributed by atoms with Crippen LogP contribution in [0, 0.1) is 0 Å². The number of rotatable bonds is 5. The number of fused-ring (bicyclic) bond motifs is 1. The van der Waals surface area contributed by atoms with Crippen molar-refractivity contribution in [2.75, 3.05) is 25.6 Å². The van der Waals surface area contributed by atoms with Gasteiger partial charge in [-0.1, -0.05) is 23.7 Å². The summed E-state index contributed by atoms with van der Waals surface area (Å²) in [4.78, 5) is 4.59. The first-order chi connectivity index (χ1) is 11.2. The van der Waals surface area contributed by atoms with Gasteiger partial charge in [0.1, 0.15) is 11.6 Å². The van der Waals surface area contributed by atoms with E-state index in [1.807, 2.05) is 48.5 Å². The van der Waals surface area contributed by atoms with Gasteiger partial charge in [0.05, 0.1) is 19.2 Å². The number of hydrogen-bond donors (Lipinski definition) is 2. The molecule has 118 valence electrons. The molecule has 3 aromatic rings. The standard InChI is InChI=1S/C18H17ClN2O2/c1-23-14-5-6-17-16(10-14)15(11-18(21-17)20-7-8-22)12-3-2-4-13(19)9-12/h2-6,9-11,22H,7-8H2,1H3,(H,20,21). The quantitative estimate of drug-likeness (QED) is 0.744. The lowest BCUT2D eigenvalue weighted by Crippen LogP contribution is -2.07. The molecule has 0 bridgehead atoms. The van der Waals surface area contributed by atoms with Gasteiger partial charge < -0.3 is 15.2 Å². The molecule has 1 heterocycles. The van der Waals surface area contributed by atoms with Gasteiger partial charge >= 0.3 is 0 Å². The van der Waals surface area contributed by atoms with Crippen LogP contribution in [0.1, 0.15) is 0 Å². The lowest BCUT2D eigenvalue weighted by atomic mass is 10.0. The largest absolute Gasteiger partial charge is 0.497 e. The average molecular weight is 329 g/mol. The van der Waals surface area contributed by atoms with Gasteiger partial charge in [0.2, 0.25) is 0 Å². The van der Waals surface area contributed by atoms with E-state index in [0.717, 1.165) is 27.8 Å². The molecule has 23 heavy (non-hydrogen) atoms. The predicted octanol–water partition coefficient (Wildman–Crippen LogP) is 3.97. The van der Waals surface area contributed by atoms with Crippen molar-refractivity contribution in [3.63, 3.8) is 0 Å². The van der Waals surface area contributed by atoms with Crippen molar-refractivity contribution in [3.8, 4) is 16.9 Å². The third-order valence-electron chi connectivity index (χ3n) is 3.57. The summed E-state index contributed by atoms with van der Waals surface area (Å²) in [5.74, 6) is 1.49. The molecule has 4 nitrogen and oxygen atoms in total. The topological polar surface area (TPSA) is 54.4 Å². The number of aliphatic hydroxyl groups is 1. The fourth-order valence-electron chi connectivity index (χ4n) is 2.50. The number of hydrogen-bond acceptors (Lipinski definition) is 4. The maximum atomic E-state index is 9.01. The molecule has 0 aliphatic rings. The van der Waals surface area contributed by atoms with E-state index in [4.69, 9.17) is 21.4 Å². The van der Waals surface area contributed by atoms with Crippen LogP contribution in [-0.2, 0) is 0 Å². The summed E-state index contributed by atoms with van der Waals surface area (Å²) in [6.07, 6.45) is 0. The molecular weight excluding hydrogens is 312 g/mol. The highest BCUT2D eigenvalue weighted by molar-refractivity contribution is 6.30. The van der Waals surface area contributed by atoms with Gasteiger partial charge in [-0.15, -0.1) is 0 Å². The van der Waals surface area contributed by atoms with E-state index in [0.29, 0.717) is 17.4 Å². The Morgan fingerprint density at radius 3 is 2.78 bits per heavy atom. The molecule has 0 atom stereocenters. The smallest absolute Gasteiger partial charge is 0.127 e. The van der Waals surface area contributed by atoms with Crippen LogP contribution in [0.15, 0.2) is 48.5 Å². The minimum atomic E-state index is 0.0504. The minimum Gasteiger partial charge on any atom is -0.497 e. The van der Waals surface area contributed by atoms with Crippen molar-refractivity contribution >= 4 is 28.3 Å². The molecule has 0 amide bonds. The van der Waals surface area contributed by atoms with E-state index >= 15 is 0 Å². The van der Waals surface area contributed by atoms with Crippen LogP contribution < -0.4 is 10.1 Å². The Morgan fingerprint density at radius 1 is 1.17 bits per heavy atom. The molecule has 5 heteroatoms. The summed E-state index contributed by atoms with van der Waals surface area (Å²) in [5, 5.41) is 13.8. The Labute approximate surface area is 139 Å². The second-order valence-corrected chi connectivity index (χ2v) is 5.54. The van der Waals surface area contributed by atoms with Gasteiger partial charge in [0.25, 0.3) is 0 Å². The molecule has 0 saturated heterocycles. The van der Waals surface area contributed by atoms with Crippen molar-refractivity contribution in [1.82, 2.24) is 4.98 Å². The van der Waals surface area contributed by atoms with Crippen molar-refractivity contribution in [3.05, 3.63) is 53.6 Å². The molecule has 0 aliphatic heterocycles. The van der Waals surface area contributed by atoms with Gasteiger partial charge in [0, 0.05) is 17.0 Å². The normalized spacial score (nSPS) is 10.7. The van der Waals surface area contributed by atoms with Crippen molar-refractivity contribution < 1.29 is 9.84 Å². The average Bonchev–Trinajstić information content (AvgIpc) is 2.58. The molecule has 0 fully saturated rings. The van der Waals surface area contributed by atoms with Crippen molar-refractivity contribution in [1.29, 1.82) is 0 Å². The maximum Gasteiger partial charge on any atom is 0.127 e. The van der Waals surface area contributed by atoms with Crippen LogP contribution in [-0.4, -0.2) is 30.4 Å². The van der Waals surface area contributed by atoms with Gasteiger partial charge in [-0.05, 0) is 47.5 Å². The van der Waals surface area contributed by atoms with Crippen molar-refractivity contribution in [2.45, 2.75) is 0 Å². The Kier molecular flexibility index (Phi) is 4.65. The number of aromatic nitrogens is 1. The monoisotopic (exact) mass is 328 g/mol. The number of anilines is 1. The molecule has 0 spiro atoms. The van der Waals surface area contributed by atoms with Crippen LogP contribution in [0.4, 0.5) is 5.82 Å². The van der Waals surface area contributed by atoms with E-state index in [9.17, 15) is 0 Å². The fraction of sp³-hybridized carbons (Fsp3) is 0.167. The fourth-order valence-corrected chi connectivity index (χ4v) is 2.69. The van der Waals surface area contributed by atoms with Crippen LogP contribution in [0.5, 0.6) is 5.75 Å². The Morgan fingerprint density at radius 2 is 2.04 bits per heavy atom. The number of ether oxygens (including phenoxy) is 1. The molecule has 0 saturated carbocycles. The lowest BCUT2D eigenvalue weighted by Gasteiger charge is -2.12. The molecule has 1 aromatic heterocycles. The summed E-state index contributed by atoms with van der Waals surface area (Å²) in [6.45, 7) is 0.498. The summed E-state index contributed by atoms with van der Waals surface area (Å²) in [5.41, 5.74) is 2.87. The van der Waals surface area contributed by atoms with E-state index in [-0.39, 0.29) is 6.61 Å². The first kappa shape index (κ1) is 15.6. The van der Waals surface area contributed by atoms with E-state index in [1.165, 1.54) is 0 Å². The van der Waals surface area contributed by atoms with E-state index in [2.05, 4.69) is 10.3 Å². The Bertz CT molecular complexity index is 836. The van der Waals surface area contributed by atoms with E-state index in [1.54, 1.807) is 7.11 Å². The number of aliphatic hydroxyl groups excluding tert-OH is 1. The number of halogens is 1. The Hall–Kier alpha value is -2.30. The van der Waals surface area contributed by atoms with Gasteiger partial charge in [0.15, 0.2) is 0 Å². The SMILES string of the molecule is COc1ccc2nc(NCCO)cc(-c3cccc(Cl)c3)c2c1. The van der Waals surface area contributed by atoms with Crippen LogP contribution >= 0.6 is 11.6 Å². The first-order valence-corrected chi connectivity index (χ1v) is 7.68. The summed E-state index contributed by atoms with van der Waals surface area (Å²) < 4.78 is 5.33. The number of nitrogens with one attached hydrogen (secondary N) is 1. The molecule has 0 aliphatic carbocycles. The summed E-state index contributed by atoms with van der Waals surface area (Å²) >= 11 is 6.14. The van der Waals surface area contributed by atoms with E-state index < -0.39 is 0 Å². The molecule has 0 radical (unpaired) electrons. The number of methoxy groups -OCH3 is 1. The number of benzene rings is 2. The van der Waals surface area contributed by atoms with Crippen LogP contribution in [0.3, 0.4) is 0 Å². The summed E-state index contributed by atoms with van der Waals surface area (Å²) in [6, 6.07) is 15.4. The molecule has 2 N–H and O–H groups in total. The third kappa shape index (κ3) is 3.38. The molecule has 3 rings (SSSR count). The summed E-state index contributed by atoms with van der Waals surface area (Å²) in [7, 11) is 1.64. The first-order valence-electron chi connectivity index (χ1n) is 7.31. The zero-order valence-corrected chi connectivity index (χ0v) is 13.5. The maximum absolute atomic E-state index is 9.01. The number of nitrogens with zero attached hydrogens (tertiary/aromatic N) is 1. The second-order valence-electron chi connectivity index (χ2n) is 5.10. The predicted molar refractivity (Wildman–Crippen MR) is 94.3 cm³/mol. The third-order valence-corrected chi connectivity index (χ3v) is 3.80. The number of pyridine rings is 1. The molecular formula is C18H17ClN2O2. The van der Waals surface area contributed by atoms with Gasteiger partial charge in [-0.3, -0.25) is 0 Å². The highest BCUT2D eigenvalue weighted by Crippen LogP contribution is 2.33. The molecule has 2 aromatic carbocycles. The van der Waals surface area contributed by atoms with Crippen LogP contribution in [0.2, 0.25) is 5.02 Å². The van der Waals surface area contributed by atoms with Gasteiger partial charge in [-0.25, -0.2) is 4.98 Å². The second kappa shape index (κ2) is 6.86. The highest BCUT2D eigenvalue weighted by Gasteiger charge is 2.10. The molecule has 0 unspecified atom stereocenters. The van der Waals surface area contributed by atoms with Gasteiger partial charge in [-0.2, -0.15) is 0 Å². The highest BCUT2D eigenvalue weighted by atomic mass is 35.5. The zero-order valence-electron chi connectivity index (χ0n) is 12.7. The minimum absolute atomic E-state index is 0.0504. The zero-order chi connectivity index (χ0) is 16.2. The Balaban J connectivity index is 2.22. The lowest BCUT2D eigenvalue weighted by molar-refractivity contribution is 0.311. The van der Waals surface area contributed by atoms with Crippen LogP contribution in [0.25, 0.3) is 22.0 Å². The van der Waals surface area contributed by atoms with Crippen molar-refractivity contribution in [2.24, 2.45) is 0 Å².